The Morgan fingerprint density at radius 1 is 1.03 bits per heavy atom. The van der Waals surface area contributed by atoms with Gasteiger partial charge in [0.25, 0.3) is 11.5 Å². The molecule has 2 saturated heterocycles. The van der Waals surface area contributed by atoms with E-state index in [4.69, 9.17) is 22.3 Å². The molecule has 0 atom stereocenters. The van der Waals surface area contributed by atoms with E-state index in [9.17, 15) is 14.4 Å². The number of carbonyl (C=O) groups is 2. The van der Waals surface area contributed by atoms with Gasteiger partial charge in [0.1, 0.15) is 15.8 Å². The van der Waals surface area contributed by atoms with Crippen LogP contribution in [-0.4, -0.2) is 55.2 Å². The molecule has 8 nitrogen and oxygen atoms in total. The molecule has 4 rings (SSSR count). The van der Waals surface area contributed by atoms with Gasteiger partial charge in [0.2, 0.25) is 0 Å². The number of anilines is 1. The lowest BCUT2D eigenvalue weighted by Crippen LogP contribution is -2.33. The predicted molar refractivity (Wildman–Crippen MR) is 161 cm³/mol. The molecule has 2 aliphatic heterocycles. The molecular weight excluding hydrogens is 532 g/mol. The molecule has 0 spiro atoms. The number of piperidine rings is 1. The van der Waals surface area contributed by atoms with Crippen molar-refractivity contribution >= 4 is 57.7 Å². The van der Waals surface area contributed by atoms with E-state index in [1.807, 2.05) is 19.1 Å². The first kappa shape index (κ1) is 29.3. The quantitative estimate of drug-likeness (QED) is 0.184. The van der Waals surface area contributed by atoms with Crippen LogP contribution >= 0.6 is 24.0 Å². The Bertz CT molecular complexity index is 1300. The fraction of sp³-hybridized carbons (Fsp3) is 0.552. The molecule has 1 amide bonds. The minimum absolute atomic E-state index is 0.137. The lowest BCUT2D eigenvalue weighted by molar-refractivity contribution is -0.137. The van der Waals surface area contributed by atoms with E-state index in [2.05, 4.69) is 4.90 Å². The van der Waals surface area contributed by atoms with Crippen molar-refractivity contribution in [3.8, 4) is 0 Å². The van der Waals surface area contributed by atoms with Gasteiger partial charge in [-0.3, -0.25) is 23.7 Å². The molecule has 0 radical (unpaired) electrons. The van der Waals surface area contributed by atoms with E-state index in [-0.39, 0.29) is 17.9 Å². The number of carboxylic acid groups (broad SMARTS) is 1. The summed E-state index contributed by atoms with van der Waals surface area (Å²) >= 11 is 6.81. The van der Waals surface area contributed by atoms with E-state index < -0.39 is 5.97 Å². The number of fused-ring (bicyclic) bond motifs is 1. The molecule has 0 saturated carbocycles. The summed E-state index contributed by atoms with van der Waals surface area (Å²) in [5.74, 6) is -0.210. The molecule has 10 heteroatoms. The standard InChI is InChI=1S/C29H38N4O4S2/c1-21-14-15-24-30-26(31-16-10-8-11-17-31)22(27(36)33(24)20-21)19-23-28(37)32(29(38)39-23)18-12-7-5-3-2-4-6-9-13-25(34)35/h14-15,19-20H,2-13,16-18H2,1H3,(H,34,35). The first-order valence-electron chi connectivity index (χ1n) is 14.1. The molecule has 39 heavy (non-hydrogen) atoms. The number of nitrogens with zero attached hydrogens (tertiary/aromatic N) is 4. The maximum absolute atomic E-state index is 13.6. The van der Waals surface area contributed by atoms with Crippen molar-refractivity contribution in [1.29, 1.82) is 0 Å². The number of hydrogen-bond acceptors (Lipinski definition) is 7. The number of aryl methyl sites for hydroxylation is 1. The number of pyridine rings is 1. The van der Waals surface area contributed by atoms with Crippen LogP contribution in [0.25, 0.3) is 11.7 Å². The number of aliphatic carboxylic acids is 1. The van der Waals surface area contributed by atoms with Gasteiger partial charge in [-0.05, 0) is 56.7 Å². The molecule has 2 aromatic rings. The van der Waals surface area contributed by atoms with Gasteiger partial charge in [0, 0.05) is 32.3 Å². The topological polar surface area (TPSA) is 95.2 Å². The number of carbonyl (C=O) groups excluding carboxylic acids is 1. The lowest BCUT2D eigenvalue weighted by atomic mass is 10.1. The maximum atomic E-state index is 13.6. The largest absolute Gasteiger partial charge is 0.481 e. The third-order valence-electron chi connectivity index (χ3n) is 7.31. The highest BCUT2D eigenvalue weighted by Crippen LogP contribution is 2.34. The summed E-state index contributed by atoms with van der Waals surface area (Å²) in [6.45, 7) is 4.21. The van der Waals surface area contributed by atoms with Crippen molar-refractivity contribution < 1.29 is 14.7 Å². The average Bonchev–Trinajstić information content (AvgIpc) is 3.19. The van der Waals surface area contributed by atoms with Gasteiger partial charge in [0.15, 0.2) is 0 Å². The number of rotatable bonds is 13. The molecule has 0 bridgehead atoms. The van der Waals surface area contributed by atoms with Crippen LogP contribution in [0.5, 0.6) is 0 Å². The Hall–Kier alpha value is -2.72. The van der Waals surface area contributed by atoms with E-state index in [1.54, 1.807) is 21.6 Å². The molecule has 2 fully saturated rings. The zero-order valence-electron chi connectivity index (χ0n) is 22.7. The zero-order chi connectivity index (χ0) is 27.8. The summed E-state index contributed by atoms with van der Waals surface area (Å²) in [5, 5.41) is 8.69. The van der Waals surface area contributed by atoms with Crippen LogP contribution in [0.4, 0.5) is 5.82 Å². The molecule has 0 aliphatic carbocycles. The number of thioether (sulfide) groups is 1. The van der Waals surface area contributed by atoms with Gasteiger partial charge in [0.05, 0.1) is 10.5 Å². The SMILES string of the molecule is Cc1ccc2nc(N3CCCCC3)c(C=C3SC(=S)N(CCCCCCCCCCC(=O)O)C3=O)c(=O)n2c1. The highest BCUT2D eigenvalue weighted by atomic mass is 32.2. The number of thiocarbonyl (C=S) groups is 1. The number of carboxylic acids is 1. The fourth-order valence-electron chi connectivity index (χ4n) is 5.15. The van der Waals surface area contributed by atoms with Crippen molar-refractivity contribution in [3.05, 3.63) is 44.7 Å². The van der Waals surface area contributed by atoms with Crippen LogP contribution in [0.1, 0.15) is 88.2 Å². The number of hydrogen-bond donors (Lipinski definition) is 1. The van der Waals surface area contributed by atoms with E-state index in [1.165, 1.54) is 18.2 Å². The highest BCUT2D eigenvalue weighted by Gasteiger charge is 2.32. The molecule has 0 aromatic carbocycles. The number of aromatic nitrogens is 2. The summed E-state index contributed by atoms with van der Waals surface area (Å²) in [7, 11) is 0. The minimum atomic E-state index is -0.723. The van der Waals surface area contributed by atoms with Gasteiger partial charge < -0.3 is 10.0 Å². The second kappa shape index (κ2) is 14.1. The Morgan fingerprint density at radius 3 is 2.38 bits per heavy atom. The summed E-state index contributed by atoms with van der Waals surface area (Å²) in [4.78, 5) is 46.7. The normalized spacial score (nSPS) is 17.1. The Labute approximate surface area is 239 Å². The summed E-state index contributed by atoms with van der Waals surface area (Å²) in [6, 6.07) is 3.82. The smallest absolute Gasteiger partial charge is 0.303 e. The van der Waals surface area contributed by atoms with Gasteiger partial charge in [-0.2, -0.15) is 0 Å². The summed E-state index contributed by atoms with van der Waals surface area (Å²) in [5.41, 5.74) is 1.85. The monoisotopic (exact) mass is 570 g/mol. The van der Waals surface area contributed by atoms with E-state index in [0.717, 1.165) is 82.9 Å². The van der Waals surface area contributed by atoms with E-state index >= 15 is 0 Å². The van der Waals surface area contributed by atoms with Gasteiger partial charge >= 0.3 is 5.97 Å². The Balaban J connectivity index is 1.40. The predicted octanol–water partition coefficient (Wildman–Crippen LogP) is 5.79. The van der Waals surface area contributed by atoms with Crippen molar-refractivity contribution in [2.75, 3.05) is 24.5 Å². The van der Waals surface area contributed by atoms with Gasteiger partial charge in [-0.15, -0.1) is 0 Å². The first-order chi connectivity index (χ1) is 18.8. The molecule has 2 aromatic heterocycles. The van der Waals surface area contributed by atoms with Gasteiger partial charge in [-0.25, -0.2) is 4.98 Å². The average molecular weight is 571 g/mol. The second-order valence-corrected chi connectivity index (χ2v) is 12.1. The highest BCUT2D eigenvalue weighted by molar-refractivity contribution is 8.26. The van der Waals surface area contributed by atoms with Gasteiger partial charge in [-0.1, -0.05) is 68.6 Å². The Kier molecular flexibility index (Phi) is 10.6. The fourth-order valence-corrected chi connectivity index (χ4v) is 6.44. The minimum Gasteiger partial charge on any atom is -0.481 e. The molecule has 1 N–H and O–H groups in total. The number of amides is 1. The van der Waals surface area contributed by atoms with Crippen molar-refractivity contribution in [3.63, 3.8) is 0 Å². The first-order valence-corrected chi connectivity index (χ1v) is 15.3. The van der Waals surface area contributed by atoms with Crippen molar-refractivity contribution in [1.82, 2.24) is 14.3 Å². The van der Waals surface area contributed by atoms with E-state index in [0.29, 0.717) is 32.8 Å². The lowest BCUT2D eigenvalue weighted by Gasteiger charge is -2.29. The summed E-state index contributed by atoms with van der Waals surface area (Å²) in [6.07, 6.45) is 15.0. The third kappa shape index (κ3) is 7.69. The molecule has 210 valence electrons. The molecule has 0 unspecified atom stereocenters. The van der Waals surface area contributed by atoms with Crippen LogP contribution in [0.15, 0.2) is 28.0 Å². The Morgan fingerprint density at radius 2 is 1.69 bits per heavy atom. The van der Waals surface area contributed by atoms with Crippen LogP contribution in [0.3, 0.4) is 0 Å². The molecule has 2 aliphatic rings. The van der Waals surface area contributed by atoms with Crippen LogP contribution in [-0.2, 0) is 9.59 Å². The molecular formula is C29H38N4O4S2. The maximum Gasteiger partial charge on any atom is 0.303 e. The third-order valence-corrected chi connectivity index (χ3v) is 8.69. The van der Waals surface area contributed by atoms with Crippen LogP contribution in [0.2, 0.25) is 0 Å². The van der Waals surface area contributed by atoms with Crippen molar-refractivity contribution in [2.45, 2.75) is 84.0 Å². The zero-order valence-corrected chi connectivity index (χ0v) is 24.3. The summed E-state index contributed by atoms with van der Waals surface area (Å²) < 4.78 is 2.11. The molecule has 4 heterocycles. The van der Waals surface area contributed by atoms with Crippen LogP contribution in [0, 0.1) is 6.92 Å². The van der Waals surface area contributed by atoms with Crippen molar-refractivity contribution in [2.24, 2.45) is 0 Å². The number of unbranched alkanes of at least 4 members (excludes halogenated alkanes) is 7. The van der Waals surface area contributed by atoms with Crippen LogP contribution < -0.4 is 10.5 Å². The second-order valence-electron chi connectivity index (χ2n) is 10.4.